The summed E-state index contributed by atoms with van der Waals surface area (Å²) in [5.74, 6) is -0.113. The smallest absolute Gasteiger partial charge is 0.274 e. The molecule has 0 bridgehead atoms. The molecule has 3 rings (SSSR count). The van der Waals surface area contributed by atoms with Crippen LogP contribution in [-0.2, 0) is 0 Å². The molecule has 1 aliphatic heterocycles. The predicted molar refractivity (Wildman–Crippen MR) is 84.0 cm³/mol. The molecule has 1 saturated heterocycles. The number of imidazole rings is 1. The highest BCUT2D eigenvalue weighted by molar-refractivity contribution is 5.93. The highest BCUT2D eigenvalue weighted by Crippen LogP contribution is 2.23. The monoisotopic (exact) mass is 302 g/mol. The number of pyridine rings is 1. The molecule has 1 amide bonds. The van der Waals surface area contributed by atoms with Crippen LogP contribution in [0.15, 0.2) is 24.4 Å². The van der Waals surface area contributed by atoms with E-state index in [1.807, 2.05) is 48.5 Å². The second-order valence-electron chi connectivity index (χ2n) is 6.46. The third-order valence-corrected chi connectivity index (χ3v) is 4.15. The second-order valence-corrected chi connectivity index (χ2v) is 6.46. The largest absolute Gasteiger partial charge is 0.387 e. The zero-order valence-corrected chi connectivity index (χ0v) is 13.3. The molecule has 1 atom stereocenters. The van der Waals surface area contributed by atoms with E-state index in [1.165, 1.54) is 0 Å². The molecule has 1 fully saturated rings. The number of carbonyl (C=O) groups excluding carboxylic acids is 1. The number of aliphatic hydroxyl groups is 1. The lowest BCUT2D eigenvalue weighted by atomic mass is 10.0. The minimum atomic E-state index is -0.825. The van der Waals surface area contributed by atoms with Gasteiger partial charge in [-0.3, -0.25) is 4.79 Å². The van der Waals surface area contributed by atoms with Gasteiger partial charge in [-0.15, -0.1) is 0 Å². The normalized spacial score (nSPS) is 22.0. The first-order chi connectivity index (χ1) is 10.4. The summed E-state index contributed by atoms with van der Waals surface area (Å²) >= 11 is 0. The van der Waals surface area contributed by atoms with Crippen molar-refractivity contribution in [3.63, 3.8) is 0 Å². The molecule has 2 aromatic heterocycles. The lowest BCUT2D eigenvalue weighted by Crippen LogP contribution is -2.43. The number of amides is 1. The van der Waals surface area contributed by atoms with Crippen LogP contribution in [0.1, 0.15) is 22.6 Å². The molecule has 1 aliphatic rings. The first-order valence-electron chi connectivity index (χ1n) is 7.49. The molecule has 0 unspecified atom stereocenters. The molecular formula is C16H22N4O2. The molecule has 2 aromatic rings. The van der Waals surface area contributed by atoms with Crippen molar-refractivity contribution in [1.82, 2.24) is 19.2 Å². The summed E-state index contributed by atoms with van der Waals surface area (Å²) in [6, 6.07) is 5.79. The van der Waals surface area contributed by atoms with Gasteiger partial charge in [0.1, 0.15) is 11.3 Å². The molecule has 6 heteroatoms. The molecule has 0 aromatic carbocycles. The summed E-state index contributed by atoms with van der Waals surface area (Å²) < 4.78 is 1.91. The van der Waals surface area contributed by atoms with E-state index in [9.17, 15) is 9.90 Å². The Morgan fingerprint density at radius 3 is 2.91 bits per heavy atom. The van der Waals surface area contributed by atoms with Crippen molar-refractivity contribution in [3.05, 3.63) is 35.8 Å². The van der Waals surface area contributed by atoms with Crippen LogP contribution in [-0.4, -0.2) is 69.5 Å². The zero-order chi connectivity index (χ0) is 15.9. The molecule has 0 spiro atoms. The van der Waals surface area contributed by atoms with E-state index in [0.29, 0.717) is 31.7 Å². The molecular weight excluding hydrogens is 280 g/mol. The Kier molecular flexibility index (Phi) is 3.66. The maximum absolute atomic E-state index is 12.6. The van der Waals surface area contributed by atoms with Crippen molar-refractivity contribution >= 4 is 11.6 Å². The Hall–Kier alpha value is -1.92. The molecule has 1 N–H and O–H groups in total. The van der Waals surface area contributed by atoms with Gasteiger partial charge in [0.15, 0.2) is 0 Å². The van der Waals surface area contributed by atoms with E-state index in [0.717, 1.165) is 11.3 Å². The fourth-order valence-electron chi connectivity index (χ4n) is 3.16. The summed E-state index contributed by atoms with van der Waals surface area (Å²) in [6.07, 6.45) is 2.37. The van der Waals surface area contributed by atoms with Gasteiger partial charge >= 0.3 is 0 Å². The summed E-state index contributed by atoms with van der Waals surface area (Å²) in [5, 5.41) is 10.6. The molecule has 0 saturated carbocycles. The van der Waals surface area contributed by atoms with Crippen LogP contribution in [0, 0.1) is 6.92 Å². The SMILES string of the molecule is Cc1cccc2nc(C(=O)N3CC[C@](O)(CN(C)C)C3)cn12. The van der Waals surface area contributed by atoms with Gasteiger partial charge in [0.2, 0.25) is 0 Å². The van der Waals surface area contributed by atoms with E-state index in [4.69, 9.17) is 0 Å². The van der Waals surface area contributed by atoms with Gasteiger partial charge in [-0.25, -0.2) is 4.98 Å². The average Bonchev–Trinajstić information content (AvgIpc) is 3.02. The van der Waals surface area contributed by atoms with Crippen LogP contribution >= 0.6 is 0 Å². The number of aromatic nitrogens is 2. The number of likely N-dealkylation sites (N-methyl/N-ethyl adjacent to an activating group) is 1. The number of β-amino-alcohol motifs (C(OH)–C–C–N with tert-alkyl or cyclic N) is 1. The fourth-order valence-corrected chi connectivity index (χ4v) is 3.16. The minimum Gasteiger partial charge on any atom is -0.387 e. The summed E-state index contributed by atoms with van der Waals surface area (Å²) in [4.78, 5) is 20.7. The Morgan fingerprint density at radius 1 is 1.45 bits per heavy atom. The molecule has 0 aliphatic carbocycles. The predicted octanol–water partition coefficient (Wildman–Crippen LogP) is 0.781. The molecule has 22 heavy (non-hydrogen) atoms. The Bertz CT molecular complexity index is 709. The van der Waals surface area contributed by atoms with Crippen LogP contribution in [0.2, 0.25) is 0 Å². The fraction of sp³-hybridized carbons (Fsp3) is 0.500. The van der Waals surface area contributed by atoms with Gasteiger partial charge in [-0.2, -0.15) is 0 Å². The maximum Gasteiger partial charge on any atom is 0.274 e. The van der Waals surface area contributed by atoms with E-state index in [-0.39, 0.29) is 5.91 Å². The lowest BCUT2D eigenvalue weighted by Gasteiger charge is -2.26. The van der Waals surface area contributed by atoms with Crippen molar-refractivity contribution in [3.8, 4) is 0 Å². The topological polar surface area (TPSA) is 61.1 Å². The van der Waals surface area contributed by atoms with E-state index >= 15 is 0 Å². The van der Waals surface area contributed by atoms with Crippen molar-refractivity contribution < 1.29 is 9.90 Å². The summed E-state index contributed by atoms with van der Waals surface area (Å²) in [6.45, 7) is 3.46. The number of hydrogen-bond acceptors (Lipinski definition) is 4. The first kappa shape index (κ1) is 15.0. The van der Waals surface area contributed by atoms with E-state index in [1.54, 1.807) is 11.1 Å². The van der Waals surface area contributed by atoms with Gasteiger partial charge in [-0.05, 0) is 39.6 Å². The highest BCUT2D eigenvalue weighted by atomic mass is 16.3. The van der Waals surface area contributed by atoms with Crippen LogP contribution in [0.4, 0.5) is 0 Å². The third-order valence-electron chi connectivity index (χ3n) is 4.15. The van der Waals surface area contributed by atoms with Gasteiger partial charge < -0.3 is 19.3 Å². The number of hydrogen-bond donors (Lipinski definition) is 1. The highest BCUT2D eigenvalue weighted by Gasteiger charge is 2.39. The number of likely N-dealkylation sites (tertiary alicyclic amines) is 1. The Balaban J connectivity index is 1.80. The van der Waals surface area contributed by atoms with Crippen LogP contribution in [0.3, 0.4) is 0 Å². The first-order valence-corrected chi connectivity index (χ1v) is 7.49. The van der Waals surface area contributed by atoms with Gasteiger partial charge in [0.05, 0.1) is 12.1 Å². The van der Waals surface area contributed by atoms with Crippen molar-refractivity contribution in [2.75, 3.05) is 33.7 Å². The average molecular weight is 302 g/mol. The van der Waals surface area contributed by atoms with Gasteiger partial charge in [0.25, 0.3) is 5.91 Å². The number of aryl methyl sites for hydroxylation is 1. The standard InChI is InChI=1S/C16H22N4O2/c1-12-5-4-6-14-17-13(9-20(12)14)15(21)19-8-7-16(22,11-19)10-18(2)3/h4-6,9,22H,7-8,10-11H2,1-3H3/t16-/m0/s1. The number of rotatable bonds is 3. The van der Waals surface area contributed by atoms with Crippen molar-refractivity contribution in [2.24, 2.45) is 0 Å². The molecule has 6 nitrogen and oxygen atoms in total. The number of carbonyl (C=O) groups is 1. The Morgan fingerprint density at radius 2 is 2.23 bits per heavy atom. The third kappa shape index (κ3) is 2.71. The zero-order valence-electron chi connectivity index (χ0n) is 13.3. The maximum atomic E-state index is 12.6. The minimum absolute atomic E-state index is 0.113. The quantitative estimate of drug-likeness (QED) is 0.910. The van der Waals surface area contributed by atoms with Crippen LogP contribution in [0.5, 0.6) is 0 Å². The van der Waals surface area contributed by atoms with Crippen molar-refractivity contribution in [1.29, 1.82) is 0 Å². The molecule has 0 radical (unpaired) electrons. The summed E-state index contributed by atoms with van der Waals surface area (Å²) in [5.41, 5.74) is 1.41. The number of fused-ring (bicyclic) bond motifs is 1. The van der Waals surface area contributed by atoms with Crippen LogP contribution < -0.4 is 0 Å². The van der Waals surface area contributed by atoms with E-state index < -0.39 is 5.60 Å². The van der Waals surface area contributed by atoms with Crippen LogP contribution in [0.25, 0.3) is 5.65 Å². The number of nitrogens with zero attached hydrogens (tertiary/aromatic N) is 4. The van der Waals surface area contributed by atoms with Crippen molar-refractivity contribution in [2.45, 2.75) is 18.9 Å². The molecule has 118 valence electrons. The lowest BCUT2D eigenvalue weighted by molar-refractivity contribution is 0.0235. The summed E-state index contributed by atoms with van der Waals surface area (Å²) in [7, 11) is 3.85. The Labute approximate surface area is 130 Å². The second kappa shape index (κ2) is 5.37. The molecule has 3 heterocycles. The van der Waals surface area contributed by atoms with Gasteiger partial charge in [-0.1, -0.05) is 6.07 Å². The van der Waals surface area contributed by atoms with E-state index in [2.05, 4.69) is 4.98 Å². The van der Waals surface area contributed by atoms with Gasteiger partial charge in [0, 0.05) is 25.0 Å².